The van der Waals surface area contributed by atoms with Crippen molar-refractivity contribution in [1.29, 1.82) is 0 Å². The third-order valence-electron chi connectivity index (χ3n) is 5.10. The first-order valence-corrected chi connectivity index (χ1v) is 11.4. The number of nitrogens with one attached hydrogen (secondary N) is 2. The van der Waals surface area contributed by atoms with Crippen molar-refractivity contribution in [2.75, 3.05) is 24.9 Å². The van der Waals surface area contributed by atoms with Gasteiger partial charge in [0.25, 0.3) is 0 Å². The lowest BCUT2D eigenvalue weighted by atomic mass is 10.1. The van der Waals surface area contributed by atoms with Crippen molar-refractivity contribution in [3.05, 3.63) is 72.9 Å². The first-order valence-electron chi connectivity index (χ1n) is 11.4. The van der Waals surface area contributed by atoms with E-state index in [1.165, 1.54) is 0 Å². The molecule has 0 radical (unpaired) electrons. The number of aromatic nitrogens is 1. The van der Waals surface area contributed by atoms with Gasteiger partial charge in [0.1, 0.15) is 34.4 Å². The first-order chi connectivity index (χ1) is 17.2. The largest absolute Gasteiger partial charge is 0.497 e. The predicted octanol–water partition coefficient (Wildman–Crippen LogP) is 7.13. The topological polar surface area (TPSA) is 90.9 Å². The van der Waals surface area contributed by atoms with Crippen LogP contribution in [0.4, 0.5) is 22.0 Å². The number of ether oxygens (including phenoxy) is 4. The summed E-state index contributed by atoms with van der Waals surface area (Å²) in [5, 5.41) is 7.76. The number of fused-ring (bicyclic) bond motifs is 1. The maximum absolute atomic E-state index is 12.3. The molecule has 36 heavy (non-hydrogen) atoms. The van der Waals surface area contributed by atoms with Crippen molar-refractivity contribution in [2.24, 2.45) is 0 Å². The smallest absolute Gasteiger partial charge is 0.412 e. The van der Waals surface area contributed by atoms with Gasteiger partial charge in [-0.15, -0.1) is 0 Å². The molecule has 1 amide bonds. The van der Waals surface area contributed by atoms with E-state index in [2.05, 4.69) is 15.6 Å². The molecule has 0 saturated heterocycles. The fraction of sp³-hybridized carbons (Fsp3) is 0.214. The molecule has 8 heteroatoms. The van der Waals surface area contributed by atoms with Gasteiger partial charge in [-0.2, -0.15) is 0 Å². The van der Waals surface area contributed by atoms with Gasteiger partial charge in [-0.1, -0.05) is 24.3 Å². The molecule has 0 aliphatic carbocycles. The van der Waals surface area contributed by atoms with E-state index >= 15 is 0 Å². The molecule has 0 unspecified atom stereocenters. The first kappa shape index (κ1) is 24.7. The highest BCUT2D eigenvalue weighted by atomic mass is 16.6. The lowest BCUT2D eigenvalue weighted by Crippen LogP contribution is -2.27. The predicted molar refractivity (Wildman–Crippen MR) is 141 cm³/mol. The van der Waals surface area contributed by atoms with Crippen LogP contribution in [0.15, 0.2) is 72.9 Å². The number of hydrogen-bond donors (Lipinski definition) is 2. The van der Waals surface area contributed by atoms with Gasteiger partial charge >= 0.3 is 6.09 Å². The van der Waals surface area contributed by atoms with Crippen LogP contribution in [0.5, 0.6) is 23.0 Å². The van der Waals surface area contributed by atoms with Crippen LogP contribution in [0.1, 0.15) is 20.8 Å². The second kappa shape index (κ2) is 10.4. The number of pyridine rings is 1. The monoisotopic (exact) mass is 487 g/mol. The molecule has 3 aromatic carbocycles. The average molecular weight is 488 g/mol. The molecule has 0 fully saturated rings. The summed E-state index contributed by atoms with van der Waals surface area (Å²) in [6, 6.07) is 20.4. The molecule has 4 aromatic rings. The van der Waals surface area contributed by atoms with Gasteiger partial charge < -0.3 is 24.3 Å². The third-order valence-corrected chi connectivity index (χ3v) is 5.10. The highest BCUT2D eigenvalue weighted by Gasteiger charge is 2.17. The van der Waals surface area contributed by atoms with E-state index in [0.29, 0.717) is 34.5 Å². The molecule has 1 aromatic heterocycles. The summed E-state index contributed by atoms with van der Waals surface area (Å²) in [5.74, 6) is 3.16. The van der Waals surface area contributed by atoms with Gasteiger partial charge in [0.05, 0.1) is 19.9 Å². The van der Waals surface area contributed by atoms with Crippen molar-refractivity contribution >= 4 is 34.1 Å². The van der Waals surface area contributed by atoms with Crippen molar-refractivity contribution < 1.29 is 23.7 Å². The summed E-state index contributed by atoms with van der Waals surface area (Å²) in [7, 11) is 3.20. The lowest BCUT2D eigenvalue weighted by Gasteiger charge is -2.20. The van der Waals surface area contributed by atoms with Crippen LogP contribution >= 0.6 is 0 Å². The van der Waals surface area contributed by atoms with E-state index in [9.17, 15) is 4.79 Å². The van der Waals surface area contributed by atoms with E-state index in [4.69, 9.17) is 18.9 Å². The van der Waals surface area contributed by atoms with Crippen LogP contribution in [0, 0.1) is 0 Å². The van der Waals surface area contributed by atoms with E-state index in [1.807, 2.05) is 63.2 Å². The second-order valence-electron chi connectivity index (χ2n) is 8.99. The zero-order chi connectivity index (χ0) is 25.7. The molecule has 0 bridgehead atoms. The van der Waals surface area contributed by atoms with Gasteiger partial charge in [0.2, 0.25) is 0 Å². The Bertz CT molecular complexity index is 1360. The number of anilines is 3. The average Bonchev–Trinajstić information content (AvgIpc) is 2.84. The molecule has 4 rings (SSSR count). The second-order valence-corrected chi connectivity index (χ2v) is 8.99. The Labute approximate surface area is 210 Å². The maximum Gasteiger partial charge on any atom is 0.412 e. The van der Waals surface area contributed by atoms with Gasteiger partial charge in [0.15, 0.2) is 0 Å². The lowest BCUT2D eigenvalue weighted by molar-refractivity contribution is 0.0636. The Balaban J connectivity index is 1.57. The summed E-state index contributed by atoms with van der Waals surface area (Å²) in [4.78, 5) is 16.7. The molecular weight excluding hydrogens is 458 g/mol. The Morgan fingerprint density at radius 2 is 1.53 bits per heavy atom. The molecule has 0 atom stereocenters. The molecule has 0 aliphatic rings. The Morgan fingerprint density at radius 1 is 0.833 bits per heavy atom. The van der Waals surface area contributed by atoms with Crippen LogP contribution in [-0.2, 0) is 4.74 Å². The number of amides is 1. The normalized spacial score (nSPS) is 11.0. The number of nitrogens with zero attached hydrogens (tertiary/aromatic N) is 1. The van der Waals surface area contributed by atoms with Crippen LogP contribution < -0.4 is 24.8 Å². The number of rotatable bonds is 7. The molecule has 0 saturated carbocycles. The molecular formula is C28H29N3O5. The number of methoxy groups -OCH3 is 2. The summed E-state index contributed by atoms with van der Waals surface area (Å²) in [6.07, 6.45) is 1.15. The Hall–Kier alpha value is -4.46. The highest BCUT2D eigenvalue weighted by Crippen LogP contribution is 2.35. The zero-order valence-electron chi connectivity index (χ0n) is 20.9. The van der Waals surface area contributed by atoms with Crippen LogP contribution in [-0.4, -0.2) is 30.9 Å². The summed E-state index contributed by atoms with van der Waals surface area (Å²) >= 11 is 0. The zero-order valence-corrected chi connectivity index (χ0v) is 20.9. The van der Waals surface area contributed by atoms with Crippen LogP contribution in [0.25, 0.3) is 10.8 Å². The fourth-order valence-electron chi connectivity index (χ4n) is 3.58. The Kier molecular flexibility index (Phi) is 7.15. The van der Waals surface area contributed by atoms with Crippen LogP contribution in [0.2, 0.25) is 0 Å². The van der Waals surface area contributed by atoms with E-state index in [-0.39, 0.29) is 0 Å². The quantitative estimate of drug-likeness (QED) is 0.286. The SMILES string of the molecule is COc1cc(Nc2cc(Oc3ccc(NC(=O)OC(C)(C)C)c4ccccc34)ccn2)cc(OC)c1. The number of benzene rings is 3. The van der Waals surface area contributed by atoms with Gasteiger partial charge in [-0.05, 0) is 39.0 Å². The van der Waals surface area contributed by atoms with Crippen molar-refractivity contribution in [1.82, 2.24) is 4.98 Å². The number of carbonyl (C=O) groups excluding carboxylic acids is 1. The maximum atomic E-state index is 12.3. The summed E-state index contributed by atoms with van der Waals surface area (Å²) in [6.45, 7) is 5.47. The van der Waals surface area contributed by atoms with Crippen molar-refractivity contribution in [3.63, 3.8) is 0 Å². The Morgan fingerprint density at radius 3 is 2.19 bits per heavy atom. The molecule has 2 N–H and O–H groups in total. The third kappa shape index (κ3) is 6.15. The van der Waals surface area contributed by atoms with Gasteiger partial charge in [-0.25, -0.2) is 9.78 Å². The standard InChI is InChI=1S/C28H29N3O5/c1-28(2,3)36-27(32)31-24-10-11-25(23-9-7-6-8-22(23)24)35-19-12-13-29-26(17-19)30-18-14-20(33-4)16-21(15-18)34-5/h6-17H,1-5H3,(H,29,30)(H,31,32). The van der Waals surface area contributed by atoms with E-state index in [0.717, 1.165) is 16.5 Å². The summed E-state index contributed by atoms with van der Waals surface area (Å²) < 4.78 is 22.3. The highest BCUT2D eigenvalue weighted by molar-refractivity contribution is 6.02. The molecule has 0 aliphatic heterocycles. The minimum Gasteiger partial charge on any atom is -0.497 e. The fourth-order valence-corrected chi connectivity index (χ4v) is 3.58. The molecule has 1 heterocycles. The van der Waals surface area contributed by atoms with Crippen LogP contribution in [0.3, 0.4) is 0 Å². The van der Waals surface area contributed by atoms with Gasteiger partial charge in [0, 0.05) is 46.9 Å². The van der Waals surface area contributed by atoms with Gasteiger partial charge in [-0.3, -0.25) is 5.32 Å². The molecule has 0 spiro atoms. The minimum atomic E-state index is -0.591. The number of carbonyl (C=O) groups is 1. The molecule has 8 nitrogen and oxygen atoms in total. The minimum absolute atomic E-state index is 0.514. The summed E-state index contributed by atoms with van der Waals surface area (Å²) in [5.41, 5.74) is 0.807. The molecule has 186 valence electrons. The van der Waals surface area contributed by atoms with Crippen molar-refractivity contribution in [3.8, 4) is 23.0 Å². The van der Waals surface area contributed by atoms with E-state index < -0.39 is 11.7 Å². The number of hydrogen-bond acceptors (Lipinski definition) is 7. The van der Waals surface area contributed by atoms with Crippen molar-refractivity contribution in [2.45, 2.75) is 26.4 Å². The van der Waals surface area contributed by atoms with E-state index in [1.54, 1.807) is 44.7 Å².